The van der Waals surface area contributed by atoms with Gasteiger partial charge in [-0.05, 0) is 29.8 Å². The van der Waals surface area contributed by atoms with E-state index in [2.05, 4.69) is 16.9 Å². The number of amides is 1. The SMILES string of the molecule is C=CCNC(=O)c1csc(-c2ccccc2OCc2ccc(C(F)(F)F)cc2)n1. The number of carbonyl (C=O) groups excluding carboxylic acids is 1. The average molecular weight is 418 g/mol. The lowest BCUT2D eigenvalue weighted by molar-refractivity contribution is -0.137. The van der Waals surface area contributed by atoms with Crippen molar-refractivity contribution in [3.63, 3.8) is 0 Å². The minimum absolute atomic E-state index is 0.104. The van der Waals surface area contributed by atoms with E-state index in [4.69, 9.17) is 4.74 Å². The van der Waals surface area contributed by atoms with Gasteiger partial charge in [0.2, 0.25) is 0 Å². The van der Waals surface area contributed by atoms with Crippen LogP contribution in [0.1, 0.15) is 21.6 Å². The van der Waals surface area contributed by atoms with E-state index in [1.54, 1.807) is 23.6 Å². The molecule has 3 rings (SSSR count). The Balaban J connectivity index is 1.73. The van der Waals surface area contributed by atoms with Gasteiger partial charge in [-0.15, -0.1) is 17.9 Å². The van der Waals surface area contributed by atoms with Crippen LogP contribution in [0, 0.1) is 0 Å². The topological polar surface area (TPSA) is 51.2 Å². The van der Waals surface area contributed by atoms with Crippen molar-refractivity contribution in [2.45, 2.75) is 12.8 Å². The van der Waals surface area contributed by atoms with Crippen molar-refractivity contribution in [2.75, 3.05) is 6.54 Å². The first-order chi connectivity index (χ1) is 13.9. The van der Waals surface area contributed by atoms with Crippen LogP contribution in [-0.4, -0.2) is 17.4 Å². The number of benzene rings is 2. The van der Waals surface area contributed by atoms with Gasteiger partial charge >= 0.3 is 6.18 Å². The van der Waals surface area contributed by atoms with E-state index in [1.165, 1.54) is 23.5 Å². The fraction of sp³-hybridized carbons (Fsp3) is 0.143. The maximum atomic E-state index is 12.7. The summed E-state index contributed by atoms with van der Waals surface area (Å²) in [4.78, 5) is 16.4. The zero-order chi connectivity index (χ0) is 20.9. The number of alkyl halides is 3. The van der Waals surface area contributed by atoms with Crippen molar-refractivity contribution < 1.29 is 22.7 Å². The standard InChI is InChI=1S/C21H17F3N2O2S/c1-2-11-25-19(27)17-13-29-20(26-17)16-5-3-4-6-18(16)28-12-14-7-9-15(10-8-14)21(22,23)24/h2-10,13H,1,11-12H2,(H,25,27). The Labute approximate surface area is 169 Å². The molecule has 0 bridgehead atoms. The van der Waals surface area contributed by atoms with Gasteiger partial charge in [-0.25, -0.2) is 4.98 Å². The summed E-state index contributed by atoms with van der Waals surface area (Å²) in [6.45, 7) is 4.00. The molecule has 0 atom stereocenters. The fourth-order valence-electron chi connectivity index (χ4n) is 2.48. The number of halogens is 3. The number of hydrogen-bond acceptors (Lipinski definition) is 4. The predicted octanol–water partition coefficient (Wildman–Crippen LogP) is 5.32. The van der Waals surface area contributed by atoms with Gasteiger partial charge in [0.25, 0.3) is 5.91 Å². The molecule has 1 amide bonds. The minimum atomic E-state index is -4.37. The quantitative estimate of drug-likeness (QED) is 0.528. The number of rotatable bonds is 7. The second-order valence-corrected chi connectivity index (χ2v) is 6.87. The molecule has 3 aromatic rings. The van der Waals surface area contributed by atoms with Crippen molar-refractivity contribution in [3.05, 3.63) is 83.4 Å². The van der Waals surface area contributed by atoms with Gasteiger partial charge < -0.3 is 10.1 Å². The molecule has 0 aliphatic heterocycles. The number of ether oxygens (including phenoxy) is 1. The van der Waals surface area contributed by atoms with E-state index >= 15 is 0 Å². The van der Waals surface area contributed by atoms with Crippen LogP contribution in [-0.2, 0) is 12.8 Å². The van der Waals surface area contributed by atoms with Crippen LogP contribution in [0.5, 0.6) is 5.75 Å². The van der Waals surface area contributed by atoms with Gasteiger partial charge in [0.15, 0.2) is 0 Å². The molecule has 8 heteroatoms. The molecule has 0 saturated carbocycles. The fourth-order valence-corrected chi connectivity index (χ4v) is 3.31. The molecule has 4 nitrogen and oxygen atoms in total. The second-order valence-electron chi connectivity index (χ2n) is 6.02. The van der Waals surface area contributed by atoms with E-state index in [1.807, 2.05) is 12.1 Å². The first-order valence-corrected chi connectivity index (χ1v) is 9.49. The van der Waals surface area contributed by atoms with Gasteiger partial charge in [0.05, 0.1) is 11.1 Å². The largest absolute Gasteiger partial charge is 0.488 e. The van der Waals surface area contributed by atoms with Gasteiger partial charge in [0, 0.05) is 11.9 Å². The first-order valence-electron chi connectivity index (χ1n) is 8.61. The third kappa shape index (κ3) is 5.23. The Morgan fingerprint density at radius 2 is 1.90 bits per heavy atom. The highest BCUT2D eigenvalue weighted by molar-refractivity contribution is 7.13. The number of nitrogens with zero attached hydrogens (tertiary/aromatic N) is 1. The Kier molecular flexibility index (Phi) is 6.33. The molecule has 0 unspecified atom stereocenters. The molecule has 0 saturated heterocycles. The average Bonchev–Trinajstić information content (AvgIpc) is 3.20. The van der Waals surface area contributed by atoms with E-state index in [0.29, 0.717) is 34.1 Å². The molecule has 0 fully saturated rings. The highest BCUT2D eigenvalue weighted by Crippen LogP contribution is 2.33. The molecular formula is C21H17F3N2O2S. The Morgan fingerprint density at radius 3 is 2.59 bits per heavy atom. The molecule has 0 spiro atoms. The maximum Gasteiger partial charge on any atom is 0.416 e. The maximum absolute atomic E-state index is 12.7. The molecule has 0 aliphatic carbocycles. The number of thiazole rings is 1. The summed E-state index contributed by atoms with van der Waals surface area (Å²) in [6, 6.07) is 12.0. The van der Waals surface area contributed by atoms with Crippen LogP contribution in [0.4, 0.5) is 13.2 Å². The smallest absolute Gasteiger partial charge is 0.416 e. The number of carbonyl (C=O) groups is 1. The summed E-state index contributed by atoms with van der Waals surface area (Å²) < 4.78 is 43.8. The van der Waals surface area contributed by atoms with Crippen molar-refractivity contribution >= 4 is 17.2 Å². The van der Waals surface area contributed by atoms with Crippen LogP contribution in [0.25, 0.3) is 10.6 Å². The predicted molar refractivity (Wildman–Crippen MR) is 106 cm³/mol. The van der Waals surface area contributed by atoms with E-state index < -0.39 is 11.7 Å². The summed E-state index contributed by atoms with van der Waals surface area (Å²) in [6.07, 6.45) is -2.79. The normalized spacial score (nSPS) is 11.1. The first kappa shape index (κ1) is 20.6. The summed E-state index contributed by atoms with van der Waals surface area (Å²) in [5.41, 5.74) is 0.903. The number of aromatic nitrogens is 1. The zero-order valence-electron chi connectivity index (χ0n) is 15.2. The van der Waals surface area contributed by atoms with E-state index in [9.17, 15) is 18.0 Å². The lowest BCUT2D eigenvalue weighted by atomic mass is 10.1. The molecule has 0 aliphatic rings. The van der Waals surface area contributed by atoms with Crippen molar-refractivity contribution in [2.24, 2.45) is 0 Å². The Hall–Kier alpha value is -3.13. The molecule has 0 radical (unpaired) electrons. The van der Waals surface area contributed by atoms with E-state index in [-0.39, 0.29) is 12.5 Å². The van der Waals surface area contributed by atoms with Gasteiger partial charge in [0.1, 0.15) is 23.1 Å². The van der Waals surface area contributed by atoms with Gasteiger partial charge in [-0.3, -0.25) is 4.79 Å². The van der Waals surface area contributed by atoms with Gasteiger partial charge in [-0.1, -0.05) is 30.3 Å². The van der Waals surface area contributed by atoms with Crippen LogP contribution in [0.15, 0.2) is 66.6 Å². The number of hydrogen-bond donors (Lipinski definition) is 1. The Morgan fingerprint density at radius 1 is 1.17 bits per heavy atom. The van der Waals surface area contributed by atoms with E-state index in [0.717, 1.165) is 12.1 Å². The molecule has 1 N–H and O–H groups in total. The highest BCUT2D eigenvalue weighted by Gasteiger charge is 2.29. The van der Waals surface area contributed by atoms with Gasteiger partial charge in [-0.2, -0.15) is 13.2 Å². The summed E-state index contributed by atoms with van der Waals surface area (Å²) >= 11 is 1.30. The zero-order valence-corrected chi connectivity index (χ0v) is 16.0. The molecule has 150 valence electrons. The third-order valence-electron chi connectivity index (χ3n) is 3.94. The lowest BCUT2D eigenvalue weighted by Gasteiger charge is -2.11. The number of para-hydroxylation sites is 1. The molecule has 29 heavy (non-hydrogen) atoms. The van der Waals surface area contributed by atoms with Crippen LogP contribution >= 0.6 is 11.3 Å². The summed E-state index contributed by atoms with van der Waals surface area (Å²) in [5.74, 6) is 0.232. The number of nitrogens with one attached hydrogen (secondary N) is 1. The van der Waals surface area contributed by atoms with Crippen molar-refractivity contribution in [1.82, 2.24) is 10.3 Å². The summed E-state index contributed by atoms with van der Waals surface area (Å²) in [7, 11) is 0. The highest BCUT2D eigenvalue weighted by atomic mass is 32.1. The Bertz CT molecular complexity index is 998. The molecule has 2 aromatic carbocycles. The second kappa shape index (κ2) is 8.91. The monoisotopic (exact) mass is 418 g/mol. The lowest BCUT2D eigenvalue weighted by Crippen LogP contribution is -2.23. The third-order valence-corrected chi connectivity index (χ3v) is 4.81. The minimum Gasteiger partial charge on any atom is -0.488 e. The van der Waals surface area contributed by atoms with Crippen LogP contribution in [0.2, 0.25) is 0 Å². The van der Waals surface area contributed by atoms with Crippen molar-refractivity contribution in [3.8, 4) is 16.3 Å². The van der Waals surface area contributed by atoms with Crippen molar-refractivity contribution in [1.29, 1.82) is 0 Å². The van der Waals surface area contributed by atoms with Crippen LogP contribution in [0.3, 0.4) is 0 Å². The molecule has 1 heterocycles. The van der Waals surface area contributed by atoms with Crippen LogP contribution < -0.4 is 10.1 Å². The summed E-state index contributed by atoms with van der Waals surface area (Å²) in [5, 5.41) is 4.93. The molecular weight excluding hydrogens is 401 g/mol. The molecule has 1 aromatic heterocycles.